The minimum absolute atomic E-state index is 0.761. The highest BCUT2D eigenvalue weighted by molar-refractivity contribution is 7.16. The summed E-state index contributed by atoms with van der Waals surface area (Å²) >= 11 is 7.53. The van der Waals surface area contributed by atoms with E-state index in [0.29, 0.717) is 0 Å². The maximum Gasteiger partial charge on any atom is 0.134 e. The first kappa shape index (κ1) is 14.1. The van der Waals surface area contributed by atoms with Gasteiger partial charge in [0, 0.05) is 24.0 Å². The number of hydrogen-bond donors (Lipinski definition) is 2. The molecule has 0 fully saturated rings. The third-order valence-electron chi connectivity index (χ3n) is 2.79. The van der Waals surface area contributed by atoms with E-state index in [1.165, 1.54) is 4.88 Å². The fourth-order valence-corrected chi connectivity index (χ4v) is 2.92. The molecule has 6 heteroatoms. The first-order chi connectivity index (χ1) is 9.10. The van der Waals surface area contributed by atoms with Gasteiger partial charge < -0.3 is 10.6 Å². The number of thiophene rings is 1. The molecule has 0 aliphatic heterocycles. The number of nitrogens with one attached hydrogen (secondary N) is 2. The standard InChI is InChI=1S/C13H17ClN4S/c1-8-12(15-3)17-9(2)18-13(8)16-7-6-10-4-5-11(14)19-10/h4-5H,6-7H2,1-3H3,(H2,15,16,17,18). The second-order valence-electron chi connectivity index (χ2n) is 4.23. The molecule has 19 heavy (non-hydrogen) atoms. The monoisotopic (exact) mass is 296 g/mol. The first-order valence-electron chi connectivity index (χ1n) is 6.11. The van der Waals surface area contributed by atoms with Gasteiger partial charge in [0.1, 0.15) is 17.5 Å². The van der Waals surface area contributed by atoms with Crippen molar-refractivity contribution in [2.24, 2.45) is 0 Å². The van der Waals surface area contributed by atoms with Gasteiger partial charge >= 0.3 is 0 Å². The van der Waals surface area contributed by atoms with Gasteiger partial charge in [0.15, 0.2) is 0 Å². The molecule has 0 unspecified atom stereocenters. The Labute approximate surface area is 122 Å². The van der Waals surface area contributed by atoms with Gasteiger partial charge in [-0.2, -0.15) is 0 Å². The van der Waals surface area contributed by atoms with Crippen molar-refractivity contribution in [3.8, 4) is 0 Å². The average Bonchev–Trinajstić information content (AvgIpc) is 2.79. The molecule has 4 nitrogen and oxygen atoms in total. The van der Waals surface area contributed by atoms with Crippen LogP contribution in [0.3, 0.4) is 0 Å². The van der Waals surface area contributed by atoms with Gasteiger partial charge in [-0.05, 0) is 32.4 Å². The molecular weight excluding hydrogens is 280 g/mol. The molecule has 2 N–H and O–H groups in total. The Hall–Kier alpha value is -1.33. The Bertz CT molecular complexity index is 568. The summed E-state index contributed by atoms with van der Waals surface area (Å²) < 4.78 is 0.835. The lowest BCUT2D eigenvalue weighted by Gasteiger charge is -2.12. The summed E-state index contributed by atoms with van der Waals surface area (Å²) in [5, 5.41) is 6.44. The van der Waals surface area contributed by atoms with Crippen LogP contribution in [-0.2, 0) is 6.42 Å². The van der Waals surface area contributed by atoms with Crippen molar-refractivity contribution in [1.29, 1.82) is 0 Å². The van der Waals surface area contributed by atoms with Gasteiger partial charge in [0.25, 0.3) is 0 Å². The van der Waals surface area contributed by atoms with Gasteiger partial charge in [-0.15, -0.1) is 11.3 Å². The zero-order chi connectivity index (χ0) is 13.8. The quantitative estimate of drug-likeness (QED) is 0.886. The molecule has 2 rings (SSSR count). The molecule has 102 valence electrons. The average molecular weight is 297 g/mol. The zero-order valence-electron chi connectivity index (χ0n) is 11.2. The number of halogens is 1. The number of rotatable bonds is 5. The fourth-order valence-electron chi connectivity index (χ4n) is 1.83. The lowest BCUT2D eigenvalue weighted by Crippen LogP contribution is -2.10. The van der Waals surface area contributed by atoms with Crippen LogP contribution < -0.4 is 10.6 Å². The van der Waals surface area contributed by atoms with Crippen LogP contribution in [-0.4, -0.2) is 23.6 Å². The Morgan fingerprint density at radius 1 is 1.21 bits per heavy atom. The Kier molecular flexibility index (Phi) is 4.61. The zero-order valence-corrected chi connectivity index (χ0v) is 12.8. The molecule has 2 heterocycles. The van der Waals surface area contributed by atoms with Crippen molar-refractivity contribution in [3.63, 3.8) is 0 Å². The third kappa shape index (κ3) is 3.58. The van der Waals surface area contributed by atoms with Crippen molar-refractivity contribution in [3.05, 3.63) is 32.7 Å². The molecule has 0 amide bonds. The topological polar surface area (TPSA) is 49.8 Å². The summed E-state index contributed by atoms with van der Waals surface area (Å²) in [5.41, 5.74) is 1.04. The number of nitrogens with zero attached hydrogens (tertiary/aromatic N) is 2. The lowest BCUT2D eigenvalue weighted by atomic mass is 10.3. The van der Waals surface area contributed by atoms with Gasteiger partial charge in [0.05, 0.1) is 4.34 Å². The van der Waals surface area contributed by atoms with Crippen molar-refractivity contribution in [2.45, 2.75) is 20.3 Å². The van der Waals surface area contributed by atoms with Gasteiger partial charge in [-0.1, -0.05) is 11.6 Å². The number of aromatic nitrogens is 2. The molecule has 0 aromatic carbocycles. The molecule has 0 bridgehead atoms. The van der Waals surface area contributed by atoms with Crippen LogP contribution in [0.1, 0.15) is 16.3 Å². The van der Waals surface area contributed by atoms with E-state index in [0.717, 1.165) is 40.3 Å². The van der Waals surface area contributed by atoms with E-state index in [2.05, 4.69) is 26.7 Å². The molecular formula is C13H17ClN4S. The SMILES string of the molecule is CNc1nc(C)nc(NCCc2ccc(Cl)s2)c1C. The van der Waals surface area contributed by atoms with E-state index in [9.17, 15) is 0 Å². The predicted octanol–water partition coefficient (Wildman–Crippen LogP) is 3.50. The van der Waals surface area contributed by atoms with Gasteiger partial charge in [-0.25, -0.2) is 9.97 Å². The van der Waals surface area contributed by atoms with E-state index in [4.69, 9.17) is 11.6 Å². The molecule has 0 radical (unpaired) electrons. The highest BCUT2D eigenvalue weighted by Gasteiger charge is 2.07. The first-order valence-corrected chi connectivity index (χ1v) is 7.30. The molecule has 0 saturated heterocycles. The van der Waals surface area contributed by atoms with Crippen LogP contribution in [0.5, 0.6) is 0 Å². The second-order valence-corrected chi connectivity index (χ2v) is 6.03. The Morgan fingerprint density at radius 3 is 2.58 bits per heavy atom. The summed E-state index contributed by atoms with van der Waals surface area (Å²) in [6.07, 6.45) is 0.939. The summed E-state index contributed by atoms with van der Waals surface area (Å²) in [6.45, 7) is 4.73. The minimum atomic E-state index is 0.761. The summed E-state index contributed by atoms with van der Waals surface area (Å²) in [4.78, 5) is 10.0. The van der Waals surface area contributed by atoms with Crippen LogP contribution in [0.15, 0.2) is 12.1 Å². The maximum atomic E-state index is 5.91. The third-order valence-corrected chi connectivity index (χ3v) is 4.08. The molecule has 0 spiro atoms. The van der Waals surface area contributed by atoms with Crippen LogP contribution in [0.2, 0.25) is 4.34 Å². The molecule has 2 aromatic heterocycles. The normalized spacial score (nSPS) is 10.5. The van der Waals surface area contributed by atoms with Gasteiger partial charge in [-0.3, -0.25) is 0 Å². The maximum absolute atomic E-state index is 5.91. The second kappa shape index (κ2) is 6.21. The van der Waals surface area contributed by atoms with E-state index < -0.39 is 0 Å². The summed E-state index contributed by atoms with van der Waals surface area (Å²) in [5.74, 6) is 2.52. The molecule has 0 aliphatic rings. The van der Waals surface area contributed by atoms with E-state index in [1.54, 1.807) is 11.3 Å². The Morgan fingerprint density at radius 2 is 1.95 bits per heavy atom. The number of hydrogen-bond acceptors (Lipinski definition) is 5. The van der Waals surface area contributed by atoms with Crippen LogP contribution in [0.25, 0.3) is 0 Å². The van der Waals surface area contributed by atoms with Crippen molar-refractivity contribution in [2.75, 3.05) is 24.2 Å². The highest BCUT2D eigenvalue weighted by Crippen LogP contribution is 2.22. The van der Waals surface area contributed by atoms with Gasteiger partial charge in [0.2, 0.25) is 0 Å². The van der Waals surface area contributed by atoms with Crippen LogP contribution in [0, 0.1) is 13.8 Å². The van der Waals surface area contributed by atoms with Crippen molar-refractivity contribution >= 4 is 34.6 Å². The van der Waals surface area contributed by atoms with Crippen LogP contribution in [0.4, 0.5) is 11.6 Å². The lowest BCUT2D eigenvalue weighted by molar-refractivity contribution is 0.981. The Balaban J connectivity index is 2.01. The highest BCUT2D eigenvalue weighted by atomic mass is 35.5. The largest absolute Gasteiger partial charge is 0.373 e. The fraction of sp³-hybridized carbons (Fsp3) is 0.385. The van der Waals surface area contributed by atoms with E-state index >= 15 is 0 Å². The van der Waals surface area contributed by atoms with E-state index in [1.807, 2.05) is 27.0 Å². The summed E-state index contributed by atoms with van der Waals surface area (Å²) in [7, 11) is 1.87. The predicted molar refractivity (Wildman–Crippen MR) is 82.6 cm³/mol. The number of aryl methyl sites for hydroxylation is 1. The van der Waals surface area contributed by atoms with E-state index in [-0.39, 0.29) is 0 Å². The van der Waals surface area contributed by atoms with Crippen molar-refractivity contribution < 1.29 is 0 Å². The minimum Gasteiger partial charge on any atom is -0.373 e. The van der Waals surface area contributed by atoms with Crippen molar-refractivity contribution in [1.82, 2.24) is 9.97 Å². The number of anilines is 2. The smallest absolute Gasteiger partial charge is 0.134 e. The molecule has 0 atom stereocenters. The molecule has 2 aromatic rings. The molecule has 0 aliphatic carbocycles. The van der Waals surface area contributed by atoms with Crippen LogP contribution >= 0.6 is 22.9 Å². The summed E-state index contributed by atoms with van der Waals surface area (Å²) in [6, 6.07) is 3.99. The molecule has 0 saturated carbocycles.